The molecule has 32 heavy (non-hydrogen) atoms. The second kappa shape index (κ2) is 11.4. The van der Waals surface area contributed by atoms with E-state index >= 15 is 0 Å². The zero-order valence-corrected chi connectivity index (χ0v) is 19.4. The molecule has 161 valence electrons. The van der Waals surface area contributed by atoms with E-state index in [1.54, 1.807) is 36.7 Å². The predicted octanol–water partition coefficient (Wildman–Crippen LogP) is 4.02. The number of carbonyl (C=O) groups is 2. The molecule has 0 saturated carbocycles. The summed E-state index contributed by atoms with van der Waals surface area (Å²) in [6.45, 7) is 2.71. The SMILES string of the molecule is CC(=O)c1nc(Br)c2cccnc2c1O.CC(=O)c1ncc2cccnc2c1O.[B]=NS. The van der Waals surface area contributed by atoms with Gasteiger partial charge in [-0.1, -0.05) is 0 Å². The fourth-order valence-corrected chi connectivity index (χ4v) is 3.11. The van der Waals surface area contributed by atoms with Gasteiger partial charge in [-0.3, -0.25) is 19.6 Å². The Labute approximate surface area is 197 Å². The molecule has 0 fully saturated rings. The molecule has 0 bridgehead atoms. The molecule has 0 aliphatic rings. The van der Waals surface area contributed by atoms with E-state index in [4.69, 9.17) is 0 Å². The maximum atomic E-state index is 11.2. The third-order valence-electron chi connectivity index (χ3n) is 3.98. The molecule has 2 N–H and O–H groups in total. The average Bonchev–Trinajstić information content (AvgIpc) is 2.77. The molecular weight excluding hydrogens is 497 g/mol. The second-order valence-electron chi connectivity index (χ2n) is 6.12. The van der Waals surface area contributed by atoms with E-state index in [1.807, 2.05) is 0 Å². The first-order valence-electron chi connectivity index (χ1n) is 8.84. The van der Waals surface area contributed by atoms with Gasteiger partial charge in [-0.2, -0.15) is 0 Å². The first-order chi connectivity index (χ1) is 15.2. The molecule has 0 aliphatic heterocycles. The van der Waals surface area contributed by atoms with Gasteiger partial charge in [0.1, 0.15) is 21.3 Å². The van der Waals surface area contributed by atoms with Gasteiger partial charge in [0.2, 0.25) is 0 Å². The number of thiol groups is 1. The van der Waals surface area contributed by atoms with Crippen molar-refractivity contribution in [2.75, 3.05) is 0 Å². The van der Waals surface area contributed by atoms with Crippen LogP contribution in [0.5, 0.6) is 11.5 Å². The first kappa shape index (κ1) is 25.0. The summed E-state index contributed by atoms with van der Waals surface area (Å²) in [5, 5.41) is 20.8. The van der Waals surface area contributed by atoms with Crippen molar-refractivity contribution in [3.05, 3.63) is 58.8 Å². The van der Waals surface area contributed by atoms with Gasteiger partial charge in [0.25, 0.3) is 0 Å². The molecule has 4 aromatic rings. The minimum atomic E-state index is -0.291. The Morgan fingerprint density at radius 3 is 2.09 bits per heavy atom. The number of hydrogen-bond donors (Lipinski definition) is 3. The average molecular weight is 513 g/mol. The zero-order chi connectivity index (χ0) is 23.8. The van der Waals surface area contributed by atoms with Crippen LogP contribution >= 0.6 is 28.7 Å². The van der Waals surface area contributed by atoms with Crippen LogP contribution in [0.2, 0.25) is 0 Å². The van der Waals surface area contributed by atoms with Gasteiger partial charge < -0.3 is 10.2 Å². The molecule has 0 amide bonds. The van der Waals surface area contributed by atoms with Crippen molar-refractivity contribution in [2.24, 2.45) is 4.30 Å². The first-order valence-corrected chi connectivity index (χ1v) is 10.0. The van der Waals surface area contributed by atoms with E-state index in [9.17, 15) is 19.8 Å². The molecule has 4 aromatic heterocycles. The molecule has 0 atom stereocenters. The predicted molar refractivity (Wildman–Crippen MR) is 127 cm³/mol. The fourth-order valence-electron chi connectivity index (χ4n) is 2.61. The Morgan fingerprint density at radius 1 is 0.969 bits per heavy atom. The van der Waals surface area contributed by atoms with Gasteiger partial charge in [0.15, 0.2) is 28.8 Å². The number of ketones is 2. The molecular formula is C20H16BBrN5O4S. The Morgan fingerprint density at radius 2 is 1.50 bits per heavy atom. The third-order valence-corrected chi connectivity index (χ3v) is 4.58. The fraction of sp³-hybridized carbons (Fsp3) is 0.100. The number of Topliss-reactive ketones (excluding diaryl/α,β-unsaturated/α-hetero) is 2. The van der Waals surface area contributed by atoms with Gasteiger partial charge in [0.05, 0.1) is 0 Å². The molecule has 12 heteroatoms. The number of aromatic nitrogens is 4. The van der Waals surface area contributed by atoms with Gasteiger partial charge in [0, 0.05) is 43.2 Å². The van der Waals surface area contributed by atoms with Crippen LogP contribution in [0.25, 0.3) is 21.8 Å². The van der Waals surface area contributed by atoms with Crippen molar-refractivity contribution in [2.45, 2.75) is 13.8 Å². The van der Waals surface area contributed by atoms with Crippen molar-refractivity contribution in [1.29, 1.82) is 0 Å². The summed E-state index contributed by atoms with van der Waals surface area (Å²) in [4.78, 5) is 38.1. The summed E-state index contributed by atoms with van der Waals surface area (Å²) in [7, 11) is 4.34. The zero-order valence-electron chi connectivity index (χ0n) is 16.9. The molecule has 0 aliphatic carbocycles. The van der Waals surface area contributed by atoms with Gasteiger partial charge in [-0.05, 0) is 40.2 Å². The summed E-state index contributed by atoms with van der Waals surface area (Å²) >= 11 is 6.43. The third kappa shape index (κ3) is 5.71. The molecule has 1 radical (unpaired) electrons. The molecule has 4 heterocycles. The van der Waals surface area contributed by atoms with Crippen molar-refractivity contribution >= 4 is 69.8 Å². The van der Waals surface area contributed by atoms with E-state index in [-0.39, 0.29) is 34.5 Å². The monoisotopic (exact) mass is 512 g/mol. The van der Waals surface area contributed by atoms with Crippen LogP contribution in [-0.2, 0) is 0 Å². The molecule has 4 rings (SSSR count). The van der Waals surface area contributed by atoms with E-state index in [0.29, 0.717) is 21.0 Å². The number of halogens is 1. The van der Waals surface area contributed by atoms with E-state index in [1.165, 1.54) is 20.0 Å². The normalized spacial score (nSPS) is 9.84. The number of aromatic hydroxyl groups is 2. The summed E-state index contributed by atoms with van der Waals surface area (Å²) in [5.41, 5.74) is 0.890. The van der Waals surface area contributed by atoms with Crippen molar-refractivity contribution in [3.8, 4) is 11.5 Å². The molecule has 9 nitrogen and oxygen atoms in total. The number of nitrogens with zero attached hydrogens (tertiary/aromatic N) is 5. The van der Waals surface area contributed by atoms with Crippen LogP contribution in [0.3, 0.4) is 0 Å². The van der Waals surface area contributed by atoms with Crippen molar-refractivity contribution in [3.63, 3.8) is 0 Å². The number of rotatable bonds is 2. The molecule has 0 spiro atoms. The number of pyridine rings is 4. The molecule has 0 saturated heterocycles. The van der Waals surface area contributed by atoms with Crippen molar-refractivity contribution < 1.29 is 19.8 Å². The standard InChI is InChI=1S/C10H7BrN2O2.C10H8N2O2.BHNS/c1-5(14)7-9(15)8-6(10(11)13-7)3-2-4-12-8;1-6(13)8-10(14)9-7(5-12-8)3-2-4-11-9;1-2-3/h2-4,15H,1H3;2-5,14H,1H3;3H. The maximum absolute atomic E-state index is 11.2. The Hall–Kier alpha value is -3.25. The number of carbonyl (C=O) groups excluding carboxylic acids is 2. The molecule has 0 unspecified atom stereocenters. The van der Waals surface area contributed by atoms with E-state index in [0.717, 1.165) is 5.39 Å². The second-order valence-corrected chi connectivity index (χ2v) is 7.11. The number of fused-ring (bicyclic) bond motifs is 2. The Bertz CT molecular complexity index is 1320. The van der Waals surface area contributed by atoms with Crippen LogP contribution in [0.1, 0.15) is 34.8 Å². The number of hydrogen-bond acceptors (Lipinski definition) is 10. The van der Waals surface area contributed by atoms with Crippen LogP contribution in [-0.4, -0.2) is 49.4 Å². The topological polar surface area (TPSA) is 139 Å². The van der Waals surface area contributed by atoms with Crippen LogP contribution in [0, 0.1) is 0 Å². The van der Waals surface area contributed by atoms with Crippen molar-refractivity contribution in [1.82, 2.24) is 19.9 Å². The van der Waals surface area contributed by atoms with Crippen LogP contribution in [0.4, 0.5) is 0 Å². The van der Waals surface area contributed by atoms with Gasteiger partial charge in [-0.15, -0.1) is 0 Å². The van der Waals surface area contributed by atoms with Crippen LogP contribution < -0.4 is 0 Å². The van der Waals surface area contributed by atoms with Crippen LogP contribution in [0.15, 0.2) is 51.8 Å². The Kier molecular flexibility index (Phi) is 8.91. The summed E-state index contributed by atoms with van der Waals surface area (Å²) in [6, 6.07) is 7.03. The summed E-state index contributed by atoms with van der Waals surface area (Å²) < 4.78 is 3.20. The summed E-state index contributed by atoms with van der Waals surface area (Å²) in [6.07, 6.45) is 4.64. The van der Waals surface area contributed by atoms with E-state index in [2.05, 4.69) is 60.6 Å². The summed E-state index contributed by atoms with van der Waals surface area (Å²) in [5.74, 6) is -0.868. The Balaban J connectivity index is 0.000000203. The molecule has 0 aromatic carbocycles. The van der Waals surface area contributed by atoms with Gasteiger partial charge >= 0.3 is 24.8 Å². The minimum absolute atomic E-state index is 0.0353. The quantitative estimate of drug-likeness (QED) is 0.158. The van der Waals surface area contributed by atoms with Gasteiger partial charge in [-0.25, -0.2) is 9.97 Å². The van der Waals surface area contributed by atoms with E-state index < -0.39 is 0 Å².